The third kappa shape index (κ3) is 3.67. The molecule has 3 aliphatic rings. The minimum Gasteiger partial charge on any atom is -0.395 e. The van der Waals surface area contributed by atoms with Crippen LogP contribution in [0.4, 0.5) is 0 Å². The molecule has 0 radical (unpaired) electrons. The number of ether oxygens (including phenoxy) is 1. The van der Waals surface area contributed by atoms with Crippen LogP contribution in [0.5, 0.6) is 0 Å². The second-order valence-corrected chi connectivity index (χ2v) is 8.06. The van der Waals surface area contributed by atoms with Crippen LogP contribution in [0.1, 0.15) is 17.7 Å². The van der Waals surface area contributed by atoms with E-state index in [1.165, 1.54) is 16.2 Å². The van der Waals surface area contributed by atoms with E-state index in [4.69, 9.17) is 9.84 Å². The van der Waals surface area contributed by atoms with Gasteiger partial charge in [0.2, 0.25) is 0 Å². The standard InChI is InChI=1S/C19H25N3O4S/c23-10-9-20-5-7-21(8-6-20)17-16(15-4-2-12-27-15)18(24)22(19(17)25)13-14-3-1-11-26-14/h2,4,12,14,23H,1,3,5-11,13H2. The number of amides is 2. The monoisotopic (exact) mass is 391 g/mol. The summed E-state index contributed by atoms with van der Waals surface area (Å²) < 4.78 is 5.65. The normalized spacial score (nSPS) is 24.6. The number of piperazine rings is 1. The van der Waals surface area contributed by atoms with E-state index in [-0.39, 0.29) is 24.5 Å². The van der Waals surface area contributed by atoms with E-state index in [0.29, 0.717) is 44.1 Å². The number of nitrogens with zero attached hydrogens (tertiary/aromatic N) is 3. The fourth-order valence-electron chi connectivity index (χ4n) is 3.99. The van der Waals surface area contributed by atoms with Gasteiger partial charge in [0.05, 0.1) is 24.8 Å². The molecule has 2 fully saturated rings. The molecule has 0 aromatic carbocycles. The summed E-state index contributed by atoms with van der Waals surface area (Å²) in [7, 11) is 0. The minimum absolute atomic E-state index is 0.0526. The quantitative estimate of drug-likeness (QED) is 0.717. The first kappa shape index (κ1) is 18.6. The highest BCUT2D eigenvalue weighted by Gasteiger charge is 2.43. The van der Waals surface area contributed by atoms with Gasteiger partial charge < -0.3 is 14.7 Å². The third-order valence-electron chi connectivity index (χ3n) is 5.43. The van der Waals surface area contributed by atoms with Gasteiger partial charge in [0, 0.05) is 44.2 Å². The number of β-amino-alcohol motifs (C(OH)–C–C–N with tert-alkyl or cyclic N) is 1. The second kappa shape index (κ2) is 8.10. The van der Waals surface area contributed by atoms with Crippen molar-refractivity contribution in [3.05, 3.63) is 28.1 Å². The molecule has 3 aliphatic heterocycles. The van der Waals surface area contributed by atoms with Gasteiger partial charge in [0.15, 0.2) is 0 Å². The van der Waals surface area contributed by atoms with E-state index in [1.54, 1.807) is 0 Å². The number of imide groups is 1. The predicted octanol–water partition coefficient (Wildman–Crippen LogP) is 0.617. The number of aliphatic hydroxyl groups is 1. The van der Waals surface area contributed by atoms with E-state index in [1.807, 2.05) is 22.4 Å². The Labute approximate surface area is 162 Å². The molecule has 1 N–H and O–H groups in total. The van der Waals surface area contributed by atoms with Crippen LogP contribution in [0.15, 0.2) is 23.2 Å². The second-order valence-electron chi connectivity index (χ2n) is 7.11. The number of hydrogen-bond donors (Lipinski definition) is 1. The SMILES string of the molecule is O=C1C(c2cccs2)=C(N2CCN(CCO)CC2)C(=O)N1CC1CCCO1. The molecule has 4 heterocycles. The molecule has 27 heavy (non-hydrogen) atoms. The maximum atomic E-state index is 13.2. The van der Waals surface area contributed by atoms with Gasteiger partial charge in [-0.05, 0) is 24.3 Å². The smallest absolute Gasteiger partial charge is 0.277 e. The molecule has 0 aliphatic carbocycles. The van der Waals surface area contributed by atoms with Gasteiger partial charge in [-0.1, -0.05) is 6.07 Å². The van der Waals surface area contributed by atoms with Crippen molar-refractivity contribution in [1.29, 1.82) is 0 Å². The van der Waals surface area contributed by atoms with Crippen molar-refractivity contribution >= 4 is 28.7 Å². The highest BCUT2D eigenvalue weighted by atomic mass is 32.1. The average molecular weight is 391 g/mol. The van der Waals surface area contributed by atoms with E-state index in [2.05, 4.69) is 4.90 Å². The largest absolute Gasteiger partial charge is 0.395 e. The Balaban J connectivity index is 1.59. The summed E-state index contributed by atoms with van der Waals surface area (Å²) in [6.07, 6.45) is 1.81. The van der Waals surface area contributed by atoms with Crippen LogP contribution in [0.25, 0.3) is 5.57 Å². The highest BCUT2D eigenvalue weighted by Crippen LogP contribution is 2.35. The van der Waals surface area contributed by atoms with Crippen molar-refractivity contribution in [2.45, 2.75) is 18.9 Å². The minimum atomic E-state index is -0.203. The van der Waals surface area contributed by atoms with Gasteiger partial charge in [-0.2, -0.15) is 0 Å². The summed E-state index contributed by atoms with van der Waals surface area (Å²) in [6, 6.07) is 3.81. The zero-order valence-electron chi connectivity index (χ0n) is 15.3. The number of aliphatic hydroxyl groups excluding tert-OH is 1. The fraction of sp³-hybridized carbons (Fsp3) is 0.579. The summed E-state index contributed by atoms with van der Waals surface area (Å²) >= 11 is 1.49. The van der Waals surface area contributed by atoms with E-state index < -0.39 is 0 Å². The van der Waals surface area contributed by atoms with Gasteiger partial charge in [-0.3, -0.25) is 19.4 Å². The number of carbonyl (C=O) groups excluding carboxylic acids is 2. The zero-order valence-corrected chi connectivity index (χ0v) is 16.1. The molecule has 0 spiro atoms. The lowest BCUT2D eigenvalue weighted by Gasteiger charge is -2.36. The lowest BCUT2D eigenvalue weighted by molar-refractivity contribution is -0.139. The first-order valence-electron chi connectivity index (χ1n) is 9.53. The Kier molecular flexibility index (Phi) is 5.58. The Morgan fingerprint density at radius 1 is 1.19 bits per heavy atom. The summed E-state index contributed by atoms with van der Waals surface area (Å²) in [5, 5.41) is 11.1. The molecule has 1 aromatic heterocycles. The van der Waals surface area contributed by atoms with Crippen molar-refractivity contribution < 1.29 is 19.4 Å². The molecule has 2 saturated heterocycles. The molecule has 0 bridgehead atoms. The van der Waals surface area contributed by atoms with Crippen molar-refractivity contribution in [1.82, 2.24) is 14.7 Å². The van der Waals surface area contributed by atoms with Gasteiger partial charge in [0.25, 0.3) is 11.8 Å². The highest BCUT2D eigenvalue weighted by molar-refractivity contribution is 7.11. The number of hydrogen-bond acceptors (Lipinski definition) is 7. The third-order valence-corrected chi connectivity index (χ3v) is 6.31. The van der Waals surface area contributed by atoms with Gasteiger partial charge in [-0.15, -0.1) is 11.3 Å². The van der Waals surface area contributed by atoms with Crippen LogP contribution in [0, 0.1) is 0 Å². The van der Waals surface area contributed by atoms with Crippen LogP contribution < -0.4 is 0 Å². The Bertz CT molecular complexity index is 719. The summed E-state index contributed by atoms with van der Waals surface area (Å²) in [5.74, 6) is -0.403. The lowest BCUT2D eigenvalue weighted by Crippen LogP contribution is -2.48. The van der Waals surface area contributed by atoms with Crippen molar-refractivity contribution in [3.63, 3.8) is 0 Å². The Morgan fingerprint density at radius 3 is 2.63 bits per heavy atom. The van der Waals surface area contributed by atoms with E-state index in [0.717, 1.165) is 30.8 Å². The predicted molar refractivity (Wildman–Crippen MR) is 102 cm³/mol. The molecule has 8 heteroatoms. The Morgan fingerprint density at radius 2 is 2.00 bits per heavy atom. The number of thiophene rings is 1. The topological polar surface area (TPSA) is 73.3 Å². The van der Waals surface area contributed by atoms with E-state index >= 15 is 0 Å². The summed E-state index contributed by atoms with van der Waals surface area (Å²) in [4.78, 5) is 32.8. The molecule has 4 rings (SSSR count). The number of rotatable bonds is 6. The first-order chi connectivity index (χ1) is 13.2. The van der Waals surface area contributed by atoms with Crippen LogP contribution in [0.2, 0.25) is 0 Å². The average Bonchev–Trinajstić information content (AvgIpc) is 3.41. The van der Waals surface area contributed by atoms with Crippen LogP contribution >= 0.6 is 11.3 Å². The number of carbonyl (C=O) groups is 2. The zero-order chi connectivity index (χ0) is 18.8. The molecule has 1 unspecified atom stereocenters. The molecular formula is C19H25N3O4S. The molecule has 2 amide bonds. The summed E-state index contributed by atoms with van der Waals surface area (Å²) in [6.45, 7) is 4.71. The molecular weight excluding hydrogens is 366 g/mol. The van der Waals surface area contributed by atoms with Gasteiger partial charge in [0.1, 0.15) is 5.70 Å². The maximum Gasteiger partial charge on any atom is 0.277 e. The molecule has 0 saturated carbocycles. The molecule has 7 nitrogen and oxygen atoms in total. The van der Waals surface area contributed by atoms with Crippen LogP contribution in [0.3, 0.4) is 0 Å². The maximum absolute atomic E-state index is 13.2. The van der Waals surface area contributed by atoms with Gasteiger partial charge >= 0.3 is 0 Å². The lowest BCUT2D eigenvalue weighted by atomic mass is 10.1. The van der Waals surface area contributed by atoms with Crippen molar-refractivity contribution in [3.8, 4) is 0 Å². The van der Waals surface area contributed by atoms with Crippen LogP contribution in [-0.2, 0) is 14.3 Å². The van der Waals surface area contributed by atoms with E-state index in [9.17, 15) is 9.59 Å². The van der Waals surface area contributed by atoms with Gasteiger partial charge in [-0.25, -0.2) is 0 Å². The first-order valence-corrected chi connectivity index (χ1v) is 10.4. The fourth-order valence-corrected chi connectivity index (χ4v) is 4.76. The van der Waals surface area contributed by atoms with Crippen molar-refractivity contribution in [2.75, 3.05) is 52.5 Å². The molecule has 146 valence electrons. The molecule has 1 atom stereocenters. The summed E-state index contributed by atoms with van der Waals surface area (Å²) in [5.41, 5.74) is 1.06. The van der Waals surface area contributed by atoms with Crippen LogP contribution in [-0.4, -0.2) is 90.2 Å². The molecule has 1 aromatic rings. The Hall–Kier alpha value is -1.74. The van der Waals surface area contributed by atoms with Crippen molar-refractivity contribution in [2.24, 2.45) is 0 Å².